The number of fused-ring (bicyclic) bond motifs is 1. The van der Waals surface area contributed by atoms with Crippen molar-refractivity contribution in [1.82, 2.24) is 5.06 Å². The molecule has 5 rings (SSSR count). The van der Waals surface area contributed by atoms with Gasteiger partial charge in [0.2, 0.25) is 0 Å². The number of aliphatic hydroxyl groups excluding tert-OH is 1. The van der Waals surface area contributed by atoms with Crippen LogP contribution >= 0.6 is 11.6 Å². The first-order valence-corrected chi connectivity index (χ1v) is 12.4. The quantitative estimate of drug-likeness (QED) is 0.399. The lowest BCUT2D eigenvalue weighted by Gasteiger charge is -2.21. The second-order valence-electron chi connectivity index (χ2n) is 9.16. The summed E-state index contributed by atoms with van der Waals surface area (Å²) in [6, 6.07) is 23.1. The van der Waals surface area contributed by atoms with E-state index in [0.29, 0.717) is 11.6 Å². The number of hydrogen-bond acceptors (Lipinski definition) is 5. The first kappa shape index (κ1) is 25.9. The molecule has 6 heteroatoms. The van der Waals surface area contributed by atoms with Gasteiger partial charge in [-0.1, -0.05) is 59.8 Å². The zero-order valence-corrected chi connectivity index (χ0v) is 21.4. The van der Waals surface area contributed by atoms with Gasteiger partial charge in [0.1, 0.15) is 12.1 Å². The number of rotatable bonds is 3. The fraction of sp³-hybridized carbons (Fsp3) is 0.300. The van der Waals surface area contributed by atoms with E-state index in [1.54, 1.807) is 12.0 Å². The number of hydroxylamine groups is 2. The van der Waals surface area contributed by atoms with Gasteiger partial charge in [0.25, 0.3) is 0 Å². The molecule has 2 aliphatic rings. The first-order chi connectivity index (χ1) is 17.3. The molecule has 0 bridgehead atoms. The number of halogens is 1. The molecule has 0 amide bonds. The van der Waals surface area contributed by atoms with Gasteiger partial charge in [-0.2, -0.15) is 5.06 Å². The Morgan fingerprint density at radius 1 is 0.972 bits per heavy atom. The van der Waals surface area contributed by atoms with Crippen molar-refractivity contribution in [2.24, 2.45) is 5.92 Å². The fourth-order valence-electron chi connectivity index (χ4n) is 4.23. The third kappa shape index (κ3) is 6.34. The number of nitrogens with zero attached hydrogens (tertiary/aromatic N) is 1. The molecule has 0 spiro atoms. The molecule has 4 unspecified atom stereocenters. The molecule has 0 aliphatic carbocycles. The number of ether oxygens (including phenoxy) is 1. The van der Waals surface area contributed by atoms with Gasteiger partial charge in [-0.15, -0.1) is 0 Å². The summed E-state index contributed by atoms with van der Waals surface area (Å²) >= 11 is 5.88. The largest absolute Gasteiger partial charge is 0.464 e. The van der Waals surface area contributed by atoms with Crippen molar-refractivity contribution in [2.75, 3.05) is 6.61 Å². The molecule has 4 atom stereocenters. The van der Waals surface area contributed by atoms with Crippen LogP contribution in [0.5, 0.6) is 0 Å². The average Bonchev–Trinajstić information content (AvgIpc) is 3.43. The molecule has 0 radical (unpaired) electrons. The Kier molecular flexibility index (Phi) is 8.45. The van der Waals surface area contributed by atoms with E-state index in [-0.39, 0.29) is 18.5 Å². The van der Waals surface area contributed by atoms with Crippen LogP contribution in [-0.2, 0) is 20.9 Å². The van der Waals surface area contributed by atoms with Crippen molar-refractivity contribution in [1.29, 1.82) is 0 Å². The van der Waals surface area contributed by atoms with E-state index >= 15 is 0 Å². The predicted octanol–water partition coefficient (Wildman–Crippen LogP) is 5.08. The van der Waals surface area contributed by atoms with Crippen LogP contribution < -0.4 is 0 Å². The molecule has 186 valence electrons. The Labute approximate surface area is 217 Å². The van der Waals surface area contributed by atoms with E-state index < -0.39 is 18.2 Å². The summed E-state index contributed by atoms with van der Waals surface area (Å²) in [6.07, 6.45) is -1.10. The second kappa shape index (κ2) is 11.7. The number of carbonyl (C=O) groups is 1. The maximum absolute atomic E-state index is 12.1. The number of carbonyl (C=O) groups excluding carboxylic acids is 1. The molecular weight excluding hydrogens is 474 g/mol. The molecule has 3 aromatic carbocycles. The number of aryl methyl sites for hydroxylation is 2. The molecule has 2 fully saturated rings. The summed E-state index contributed by atoms with van der Waals surface area (Å²) in [5.41, 5.74) is 5.51. The Morgan fingerprint density at radius 3 is 2.06 bits per heavy atom. The van der Waals surface area contributed by atoms with Gasteiger partial charge < -0.3 is 9.84 Å². The summed E-state index contributed by atoms with van der Waals surface area (Å²) in [6.45, 7) is 6.63. The van der Waals surface area contributed by atoms with E-state index in [1.165, 1.54) is 11.1 Å². The maximum atomic E-state index is 12.1. The zero-order valence-electron chi connectivity index (χ0n) is 20.6. The van der Waals surface area contributed by atoms with E-state index in [4.69, 9.17) is 21.2 Å². The zero-order chi connectivity index (χ0) is 25.7. The van der Waals surface area contributed by atoms with Crippen molar-refractivity contribution < 1.29 is 19.5 Å². The van der Waals surface area contributed by atoms with Gasteiger partial charge in [0.15, 0.2) is 0 Å². The molecule has 2 aliphatic heterocycles. The first-order valence-electron chi connectivity index (χ1n) is 12.0. The molecular formula is C30H30ClNO4. The number of benzene rings is 3. The van der Waals surface area contributed by atoms with Crippen LogP contribution in [0.25, 0.3) is 0 Å². The van der Waals surface area contributed by atoms with E-state index in [9.17, 15) is 9.90 Å². The predicted molar refractivity (Wildman–Crippen MR) is 140 cm³/mol. The van der Waals surface area contributed by atoms with Crippen LogP contribution in [0.4, 0.5) is 0 Å². The van der Waals surface area contributed by atoms with Crippen LogP contribution in [-0.4, -0.2) is 41.0 Å². The van der Waals surface area contributed by atoms with Gasteiger partial charge >= 0.3 is 5.97 Å². The summed E-state index contributed by atoms with van der Waals surface area (Å²) in [5, 5.41) is 12.2. The van der Waals surface area contributed by atoms with Gasteiger partial charge in [-0.25, -0.2) is 0 Å². The molecule has 3 aromatic rings. The lowest BCUT2D eigenvalue weighted by atomic mass is 9.95. The van der Waals surface area contributed by atoms with Crippen molar-refractivity contribution in [2.45, 2.75) is 45.6 Å². The molecule has 0 saturated carbocycles. The van der Waals surface area contributed by atoms with Gasteiger partial charge in [0.05, 0.1) is 25.2 Å². The minimum absolute atomic E-state index is 0.142. The topological polar surface area (TPSA) is 59.0 Å². The number of aliphatic hydroxyl groups is 1. The van der Waals surface area contributed by atoms with Crippen molar-refractivity contribution in [3.8, 4) is 11.8 Å². The number of esters is 1. The van der Waals surface area contributed by atoms with E-state index in [0.717, 1.165) is 16.7 Å². The monoisotopic (exact) mass is 503 g/mol. The molecule has 0 aromatic heterocycles. The van der Waals surface area contributed by atoms with E-state index in [1.807, 2.05) is 48.5 Å². The molecule has 2 saturated heterocycles. The molecule has 2 heterocycles. The van der Waals surface area contributed by atoms with Crippen LogP contribution in [0.1, 0.15) is 34.7 Å². The maximum Gasteiger partial charge on any atom is 0.326 e. The standard InChI is InChI=1S/C22H20ClNO4.C8H10/c1-14(25)21-19-13-27-22(26)20(19)24(28-21)12-17-6-4-15(5-7-17)2-3-16-8-10-18(23)11-9-16;1-7-5-3-4-6-8(7)2/h4-11,14,19-21,25H,12-13H2,1H3;3-6H,1-2H3. The number of hydrogen-bond donors (Lipinski definition) is 1. The van der Waals surface area contributed by atoms with Gasteiger partial charge in [-0.3, -0.25) is 9.63 Å². The second-order valence-corrected chi connectivity index (χ2v) is 9.60. The summed E-state index contributed by atoms with van der Waals surface area (Å²) in [4.78, 5) is 17.9. The fourth-order valence-corrected chi connectivity index (χ4v) is 4.36. The highest BCUT2D eigenvalue weighted by molar-refractivity contribution is 6.30. The lowest BCUT2D eigenvalue weighted by molar-refractivity contribution is -0.202. The summed E-state index contributed by atoms with van der Waals surface area (Å²) < 4.78 is 5.17. The Balaban J connectivity index is 0.000000325. The highest BCUT2D eigenvalue weighted by Crippen LogP contribution is 2.36. The molecule has 36 heavy (non-hydrogen) atoms. The highest BCUT2D eigenvalue weighted by Gasteiger charge is 2.54. The van der Waals surface area contributed by atoms with Gasteiger partial charge in [0, 0.05) is 16.1 Å². The summed E-state index contributed by atoms with van der Waals surface area (Å²) in [7, 11) is 0. The summed E-state index contributed by atoms with van der Waals surface area (Å²) in [5.74, 6) is 5.79. The normalized spacial score (nSPS) is 21.5. The van der Waals surface area contributed by atoms with Crippen LogP contribution in [0, 0.1) is 31.6 Å². The Morgan fingerprint density at radius 2 is 1.53 bits per heavy atom. The molecule has 1 N–H and O–H groups in total. The SMILES string of the molecule is CC(O)C1ON(Cc2ccc(C#Cc3ccc(Cl)cc3)cc2)C2C(=O)OCC12.Cc1ccccc1C. The third-order valence-corrected chi connectivity index (χ3v) is 6.70. The van der Waals surface area contributed by atoms with Crippen molar-refractivity contribution >= 4 is 17.6 Å². The van der Waals surface area contributed by atoms with E-state index in [2.05, 4.69) is 50.0 Å². The molecule has 5 nitrogen and oxygen atoms in total. The Bertz CT molecular complexity index is 1220. The van der Waals surface area contributed by atoms with Crippen molar-refractivity contribution in [3.05, 3.63) is 106 Å². The minimum atomic E-state index is -0.669. The third-order valence-electron chi connectivity index (χ3n) is 6.44. The minimum Gasteiger partial charge on any atom is -0.464 e. The van der Waals surface area contributed by atoms with Crippen LogP contribution in [0.3, 0.4) is 0 Å². The van der Waals surface area contributed by atoms with Crippen molar-refractivity contribution in [3.63, 3.8) is 0 Å². The van der Waals surface area contributed by atoms with Gasteiger partial charge in [-0.05, 0) is 73.9 Å². The lowest BCUT2D eigenvalue weighted by Crippen LogP contribution is -2.35. The Hall–Kier alpha value is -3.14. The smallest absolute Gasteiger partial charge is 0.326 e. The van der Waals surface area contributed by atoms with Crippen LogP contribution in [0.2, 0.25) is 5.02 Å². The highest BCUT2D eigenvalue weighted by atomic mass is 35.5. The van der Waals surface area contributed by atoms with Crippen LogP contribution in [0.15, 0.2) is 72.8 Å². The average molecular weight is 504 g/mol. The number of cyclic esters (lactones) is 1.